The van der Waals surface area contributed by atoms with Crippen molar-refractivity contribution in [2.75, 3.05) is 20.8 Å². The van der Waals surface area contributed by atoms with Gasteiger partial charge in [-0.1, -0.05) is 41.5 Å². The molecule has 0 bridgehead atoms. The zero-order valence-electron chi connectivity index (χ0n) is 22.3. The maximum Gasteiger partial charge on any atom is 0.128 e. The van der Waals surface area contributed by atoms with Crippen molar-refractivity contribution in [1.82, 2.24) is 0 Å². The van der Waals surface area contributed by atoms with E-state index in [1.807, 2.05) is 67.5 Å². The van der Waals surface area contributed by atoms with Crippen molar-refractivity contribution in [2.45, 2.75) is 71.8 Å². The molecule has 0 atom stereocenters. The van der Waals surface area contributed by atoms with E-state index in [-0.39, 0.29) is 22.3 Å². The van der Waals surface area contributed by atoms with Crippen LogP contribution in [0.1, 0.15) is 77.6 Å². The van der Waals surface area contributed by atoms with Gasteiger partial charge in [0.25, 0.3) is 0 Å². The average molecular weight is 469 g/mol. The number of phenolic OH excluding ortho intramolecular Hbond substituents is 2. The van der Waals surface area contributed by atoms with E-state index in [0.717, 1.165) is 11.1 Å². The molecule has 34 heavy (non-hydrogen) atoms. The van der Waals surface area contributed by atoms with E-state index in [0.29, 0.717) is 29.2 Å². The highest BCUT2D eigenvalue weighted by Gasteiger charge is 2.23. The van der Waals surface area contributed by atoms with Gasteiger partial charge in [0.1, 0.15) is 23.0 Å². The lowest BCUT2D eigenvalue weighted by Gasteiger charge is -2.23. The third kappa shape index (κ3) is 6.75. The Balaban J connectivity index is 2.31. The smallest absolute Gasteiger partial charge is 0.128 e. The van der Waals surface area contributed by atoms with Gasteiger partial charge in [0.05, 0.1) is 26.3 Å². The summed E-state index contributed by atoms with van der Waals surface area (Å²) in [5.41, 5.74) is 1.78. The molecule has 0 saturated heterocycles. The minimum Gasteiger partial charge on any atom is -0.507 e. The number of rotatable bonds is 7. The van der Waals surface area contributed by atoms with Gasteiger partial charge in [0.15, 0.2) is 0 Å². The van der Waals surface area contributed by atoms with Crippen LogP contribution in [-0.2, 0) is 10.8 Å². The number of phenols is 2. The summed E-state index contributed by atoms with van der Waals surface area (Å²) in [5.74, 6) is 1.74. The van der Waals surface area contributed by atoms with Crippen molar-refractivity contribution in [1.29, 1.82) is 0 Å². The highest BCUT2D eigenvalue weighted by Crippen LogP contribution is 2.37. The lowest BCUT2D eigenvalue weighted by Crippen LogP contribution is -2.21. The van der Waals surface area contributed by atoms with Gasteiger partial charge >= 0.3 is 0 Å². The Morgan fingerprint density at radius 3 is 1.50 bits per heavy atom. The molecule has 2 rings (SSSR count). The summed E-state index contributed by atoms with van der Waals surface area (Å²) in [6.45, 7) is 16.6. The number of ether oxygens (including phenoxy) is 2. The first kappa shape index (κ1) is 27.2. The minimum absolute atomic E-state index is 0.201. The fourth-order valence-corrected chi connectivity index (χ4v) is 3.49. The maximum absolute atomic E-state index is 10.8. The second-order valence-corrected chi connectivity index (χ2v) is 11.3. The molecule has 2 aromatic rings. The second-order valence-electron chi connectivity index (χ2n) is 11.3. The van der Waals surface area contributed by atoms with Crippen LogP contribution in [-0.4, -0.2) is 48.9 Å². The molecular weight excluding hydrogens is 428 g/mol. The number of hydrogen-bond acceptors (Lipinski definition) is 6. The van der Waals surface area contributed by atoms with Crippen LogP contribution in [0.25, 0.3) is 0 Å². The van der Waals surface area contributed by atoms with E-state index in [9.17, 15) is 10.2 Å². The molecule has 0 heterocycles. The van der Waals surface area contributed by atoms with Gasteiger partial charge in [0, 0.05) is 34.7 Å². The van der Waals surface area contributed by atoms with E-state index < -0.39 is 5.54 Å². The standard InChI is InChI=1S/C28H40N2O4/c1-26(2,3)22-13-20(33-9)11-18(24(22)31)15-29-17-28(7,8)30-16-19-12-21(34-10)14-23(25(19)32)27(4,5)6/h11-16,31-32H,17H2,1-10H3. The Morgan fingerprint density at radius 1 is 0.706 bits per heavy atom. The van der Waals surface area contributed by atoms with Crippen molar-refractivity contribution in [2.24, 2.45) is 9.98 Å². The average Bonchev–Trinajstić information content (AvgIpc) is 2.72. The van der Waals surface area contributed by atoms with Crippen LogP contribution in [0.2, 0.25) is 0 Å². The van der Waals surface area contributed by atoms with E-state index in [4.69, 9.17) is 9.47 Å². The number of methoxy groups -OCH3 is 2. The number of aromatic hydroxyl groups is 2. The number of hydrogen-bond donors (Lipinski definition) is 2. The summed E-state index contributed by atoms with van der Waals surface area (Å²) in [4.78, 5) is 9.24. The highest BCUT2D eigenvalue weighted by atomic mass is 16.5. The first-order valence-corrected chi connectivity index (χ1v) is 11.5. The Hall–Kier alpha value is -3.02. The second kappa shape index (κ2) is 10.1. The van der Waals surface area contributed by atoms with E-state index in [1.54, 1.807) is 38.8 Å². The predicted octanol–water partition coefficient (Wildman–Crippen LogP) is 6.03. The molecule has 0 aliphatic rings. The first-order valence-electron chi connectivity index (χ1n) is 11.5. The van der Waals surface area contributed by atoms with Gasteiger partial charge in [-0.3, -0.25) is 9.98 Å². The summed E-state index contributed by atoms with van der Waals surface area (Å²) in [6, 6.07) is 7.25. The monoisotopic (exact) mass is 468 g/mol. The van der Waals surface area contributed by atoms with Gasteiger partial charge in [-0.15, -0.1) is 0 Å². The first-order chi connectivity index (χ1) is 15.6. The molecule has 2 N–H and O–H groups in total. The summed E-state index contributed by atoms with van der Waals surface area (Å²) in [5, 5.41) is 21.6. The van der Waals surface area contributed by atoms with Gasteiger partial charge in [0.2, 0.25) is 0 Å². The van der Waals surface area contributed by atoms with Crippen LogP contribution in [0.4, 0.5) is 0 Å². The molecule has 0 amide bonds. The summed E-state index contributed by atoms with van der Waals surface area (Å²) in [7, 11) is 3.22. The van der Waals surface area contributed by atoms with Gasteiger partial charge < -0.3 is 19.7 Å². The van der Waals surface area contributed by atoms with Crippen molar-refractivity contribution < 1.29 is 19.7 Å². The van der Waals surface area contributed by atoms with Crippen LogP contribution in [0.3, 0.4) is 0 Å². The van der Waals surface area contributed by atoms with Gasteiger partial charge in [-0.25, -0.2) is 0 Å². The molecule has 0 radical (unpaired) electrons. The van der Waals surface area contributed by atoms with Crippen LogP contribution in [0.5, 0.6) is 23.0 Å². The highest BCUT2D eigenvalue weighted by molar-refractivity contribution is 5.86. The van der Waals surface area contributed by atoms with Crippen molar-refractivity contribution in [3.8, 4) is 23.0 Å². The van der Waals surface area contributed by atoms with Gasteiger partial charge in [-0.2, -0.15) is 0 Å². The molecule has 0 aliphatic carbocycles. The Kier molecular flexibility index (Phi) is 8.07. The van der Waals surface area contributed by atoms with Crippen molar-refractivity contribution in [3.63, 3.8) is 0 Å². The van der Waals surface area contributed by atoms with E-state index >= 15 is 0 Å². The largest absolute Gasteiger partial charge is 0.507 e. The molecular formula is C28H40N2O4. The SMILES string of the molecule is COc1cc(C=NCC(C)(C)N=Cc2cc(OC)cc(C(C)(C)C)c2O)c(O)c(C(C)(C)C)c1. The maximum atomic E-state index is 10.8. The number of benzene rings is 2. The quantitative estimate of drug-likeness (QED) is 0.486. The topological polar surface area (TPSA) is 83.6 Å². The lowest BCUT2D eigenvalue weighted by atomic mass is 9.85. The van der Waals surface area contributed by atoms with Crippen LogP contribution in [0.15, 0.2) is 34.3 Å². The molecule has 0 spiro atoms. The van der Waals surface area contributed by atoms with Crippen LogP contribution >= 0.6 is 0 Å². The lowest BCUT2D eigenvalue weighted by molar-refractivity contribution is 0.405. The van der Waals surface area contributed by atoms with Crippen molar-refractivity contribution >= 4 is 12.4 Å². The van der Waals surface area contributed by atoms with Crippen LogP contribution < -0.4 is 9.47 Å². The molecule has 0 fully saturated rings. The molecule has 186 valence electrons. The number of aliphatic imine (C=N–C) groups is 2. The fourth-order valence-electron chi connectivity index (χ4n) is 3.49. The van der Waals surface area contributed by atoms with Gasteiger partial charge in [-0.05, 0) is 48.9 Å². The molecule has 2 aromatic carbocycles. The zero-order chi connectivity index (χ0) is 25.9. The fraction of sp³-hybridized carbons (Fsp3) is 0.500. The third-order valence-corrected chi connectivity index (χ3v) is 5.57. The van der Waals surface area contributed by atoms with E-state index in [1.165, 1.54) is 0 Å². The molecule has 0 aromatic heterocycles. The molecule has 0 aliphatic heterocycles. The zero-order valence-corrected chi connectivity index (χ0v) is 22.3. The predicted molar refractivity (Wildman–Crippen MR) is 141 cm³/mol. The third-order valence-electron chi connectivity index (χ3n) is 5.57. The minimum atomic E-state index is -0.532. The van der Waals surface area contributed by atoms with Crippen molar-refractivity contribution in [3.05, 3.63) is 46.5 Å². The Bertz CT molecular complexity index is 1070. The van der Waals surface area contributed by atoms with Crippen LogP contribution in [0, 0.1) is 0 Å². The van der Waals surface area contributed by atoms with E-state index in [2.05, 4.69) is 9.98 Å². The molecule has 6 heteroatoms. The molecule has 0 unspecified atom stereocenters. The normalized spacial score (nSPS) is 13.1. The molecule has 6 nitrogen and oxygen atoms in total. The Morgan fingerprint density at radius 2 is 1.12 bits per heavy atom. The summed E-state index contributed by atoms with van der Waals surface area (Å²) >= 11 is 0. The summed E-state index contributed by atoms with van der Waals surface area (Å²) in [6.07, 6.45) is 3.33. The summed E-state index contributed by atoms with van der Waals surface area (Å²) < 4.78 is 10.8. The molecule has 0 saturated carbocycles. The number of nitrogens with zero attached hydrogens (tertiary/aromatic N) is 2. The Labute approximate surface area is 204 Å².